The smallest absolute Gasteiger partial charge is 0.228 e. The van der Waals surface area contributed by atoms with E-state index in [0.29, 0.717) is 6.42 Å². The molecule has 0 saturated heterocycles. The summed E-state index contributed by atoms with van der Waals surface area (Å²) in [7, 11) is 0. The quantitative estimate of drug-likeness (QED) is 0.449. The molecule has 0 spiro atoms. The number of aromatic nitrogens is 1. The van der Waals surface area contributed by atoms with Gasteiger partial charge in [-0.25, -0.2) is 0 Å². The topological polar surface area (TPSA) is 56.9 Å². The van der Waals surface area contributed by atoms with Gasteiger partial charge < -0.3 is 15.6 Å². The lowest BCUT2D eigenvalue weighted by molar-refractivity contribution is -0.115. The number of rotatable bonds is 5. The normalized spacial score (nSPS) is 10.7. The fourth-order valence-corrected chi connectivity index (χ4v) is 3.18. The van der Waals surface area contributed by atoms with Crippen LogP contribution in [-0.2, 0) is 11.2 Å². The summed E-state index contributed by atoms with van der Waals surface area (Å²) in [5.74, 6) is -0.0286. The molecule has 0 aliphatic heterocycles. The summed E-state index contributed by atoms with van der Waals surface area (Å²) >= 11 is 0. The first-order valence-corrected chi connectivity index (χ1v) is 8.96. The summed E-state index contributed by atoms with van der Waals surface area (Å²) in [4.78, 5) is 15.6. The van der Waals surface area contributed by atoms with E-state index in [1.165, 1.54) is 5.56 Å². The van der Waals surface area contributed by atoms with E-state index in [1.807, 2.05) is 66.9 Å². The summed E-state index contributed by atoms with van der Waals surface area (Å²) in [6.07, 6.45) is 2.24. The monoisotopic (exact) mass is 355 g/mol. The number of para-hydroxylation sites is 1. The van der Waals surface area contributed by atoms with Gasteiger partial charge in [-0.15, -0.1) is 0 Å². The highest BCUT2D eigenvalue weighted by molar-refractivity contribution is 5.95. The van der Waals surface area contributed by atoms with Gasteiger partial charge in [0.15, 0.2) is 0 Å². The fraction of sp³-hybridized carbons (Fsp3) is 0.0870. The van der Waals surface area contributed by atoms with Gasteiger partial charge in [-0.2, -0.15) is 0 Å². The van der Waals surface area contributed by atoms with E-state index in [0.717, 1.165) is 33.5 Å². The number of hydrogen-bond acceptors (Lipinski definition) is 2. The number of amides is 1. The number of fused-ring (bicyclic) bond motifs is 1. The summed E-state index contributed by atoms with van der Waals surface area (Å²) in [6, 6.07) is 24.0. The van der Waals surface area contributed by atoms with E-state index in [2.05, 4.69) is 34.7 Å². The number of carbonyl (C=O) groups is 1. The van der Waals surface area contributed by atoms with Gasteiger partial charge in [-0.05, 0) is 60.5 Å². The molecular weight excluding hydrogens is 334 g/mol. The highest BCUT2D eigenvalue weighted by Crippen LogP contribution is 2.21. The van der Waals surface area contributed by atoms with Crippen molar-refractivity contribution in [3.8, 4) is 0 Å². The molecule has 27 heavy (non-hydrogen) atoms. The molecular formula is C23H21N3O. The second-order valence-corrected chi connectivity index (χ2v) is 6.66. The van der Waals surface area contributed by atoms with E-state index in [4.69, 9.17) is 0 Å². The predicted octanol–water partition coefficient (Wildman–Crippen LogP) is 5.40. The summed E-state index contributed by atoms with van der Waals surface area (Å²) in [5.41, 5.74) is 6.07. The molecule has 1 aromatic heterocycles. The van der Waals surface area contributed by atoms with Gasteiger partial charge in [0, 0.05) is 34.2 Å². The van der Waals surface area contributed by atoms with Crippen molar-refractivity contribution in [3.05, 3.63) is 90.1 Å². The van der Waals surface area contributed by atoms with Crippen molar-refractivity contribution in [3.63, 3.8) is 0 Å². The third-order valence-corrected chi connectivity index (χ3v) is 4.50. The SMILES string of the molecule is Cc1cccc(Nc2ccc(NC(=O)Cc3c[nH]c4ccccc34)cc2)c1. The molecule has 4 heteroatoms. The van der Waals surface area contributed by atoms with Gasteiger partial charge in [0.05, 0.1) is 6.42 Å². The summed E-state index contributed by atoms with van der Waals surface area (Å²) in [5, 5.41) is 7.42. The van der Waals surface area contributed by atoms with E-state index < -0.39 is 0 Å². The van der Waals surface area contributed by atoms with E-state index in [1.54, 1.807) is 0 Å². The molecule has 1 amide bonds. The fourth-order valence-electron chi connectivity index (χ4n) is 3.18. The van der Waals surface area contributed by atoms with Crippen LogP contribution in [0.4, 0.5) is 17.1 Å². The van der Waals surface area contributed by atoms with Crippen molar-refractivity contribution < 1.29 is 4.79 Å². The van der Waals surface area contributed by atoms with Crippen molar-refractivity contribution >= 4 is 33.9 Å². The third-order valence-electron chi connectivity index (χ3n) is 4.50. The van der Waals surface area contributed by atoms with Gasteiger partial charge in [0.2, 0.25) is 5.91 Å². The first-order valence-electron chi connectivity index (χ1n) is 8.96. The molecule has 0 bridgehead atoms. The van der Waals surface area contributed by atoms with Crippen molar-refractivity contribution in [2.75, 3.05) is 10.6 Å². The largest absolute Gasteiger partial charge is 0.361 e. The Labute approximate surface area is 158 Å². The maximum absolute atomic E-state index is 12.4. The van der Waals surface area contributed by atoms with Crippen molar-refractivity contribution in [2.24, 2.45) is 0 Å². The first kappa shape index (κ1) is 16.9. The molecule has 0 fully saturated rings. The second-order valence-electron chi connectivity index (χ2n) is 6.66. The van der Waals surface area contributed by atoms with E-state index >= 15 is 0 Å². The number of H-pyrrole nitrogens is 1. The minimum atomic E-state index is -0.0286. The number of aromatic amines is 1. The van der Waals surface area contributed by atoms with Gasteiger partial charge in [-0.3, -0.25) is 4.79 Å². The van der Waals surface area contributed by atoms with Crippen molar-refractivity contribution in [1.82, 2.24) is 4.98 Å². The Morgan fingerprint density at radius 1 is 0.889 bits per heavy atom. The van der Waals surface area contributed by atoms with Crippen LogP contribution in [-0.4, -0.2) is 10.9 Å². The Morgan fingerprint density at radius 3 is 2.48 bits per heavy atom. The highest BCUT2D eigenvalue weighted by Gasteiger charge is 2.09. The standard InChI is InChI=1S/C23H21N3O/c1-16-5-4-6-20(13-16)25-18-9-11-19(12-10-18)26-23(27)14-17-15-24-22-8-3-2-7-21(17)22/h2-13,15,24-25H,14H2,1H3,(H,26,27). The Kier molecular flexibility index (Phi) is 4.62. The predicted molar refractivity (Wildman–Crippen MR) is 112 cm³/mol. The molecule has 4 rings (SSSR count). The number of nitrogens with one attached hydrogen (secondary N) is 3. The van der Waals surface area contributed by atoms with Gasteiger partial charge in [0.25, 0.3) is 0 Å². The maximum Gasteiger partial charge on any atom is 0.228 e. The molecule has 0 aliphatic carbocycles. The van der Waals surface area contributed by atoms with Crippen LogP contribution < -0.4 is 10.6 Å². The molecule has 3 aromatic carbocycles. The zero-order valence-corrected chi connectivity index (χ0v) is 15.1. The molecule has 0 unspecified atom stereocenters. The molecule has 0 atom stereocenters. The first-order chi connectivity index (χ1) is 13.2. The average Bonchev–Trinajstić information content (AvgIpc) is 3.06. The zero-order chi connectivity index (χ0) is 18.6. The molecule has 0 saturated carbocycles. The van der Waals surface area contributed by atoms with E-state index in [-0.39, 0.29) is 5.91 Å². The van der Waals surface area contributed by atoms with Crippen molar-refractivity contribution in [2.45, 2.75) is 13.3 Å². The molecule has 4 aromatic rings. The lowest BCUT2D eigenvalue weighted by Crippen LogP contribution is -2.14. The number of anilines is 3. The Bertz CT molecular complexity index is 1080. The van der Waals surface area contributed by atoms with Crippen LogP contribution in [0.15, 0.2) is 79.0 Å². The average molecular weight is 355 g/mol. The molecule has 3 N–H and O–H groups in total. The molecule has 0 radical (unpaired) electrons. The van der Waals surface area contributed by atoms with Crippen LogP contribution in [0.1, 0.15) is 11.1 Å². The van der Waals surface area contributed by atoms with Crippen molar-refractivity contribution in [1.29, 1.82) is 0 Å². The van der Waals surface area contributed by atoms with Crippen LogP contribution in [0.3, 0.4) is 0 Å². The van der Waals surface area contributed by atoms with Crippen LogP contribution >= 0.6 is 0 Å². The van der Waals surface area contributed by atoms with Crippen LogP contribution in [0.5, 0.6) is 0 Å². The minimum absolute atomic E-state index is 0.0286. The second kappa shape index (κ2) is 7.38. The van der Waals surface area contributed by atoms with Crippen LogP contribution in [0, 0.1) is 6.92 Å². The minimum Gasteiger partial charge on any atom is -0.361 e. The molecule has 0 aliphatic rings. The van der Waals surface area contributed by atoms with Gasteiger partial charge >= 0.3 is 0 Å². The maximum atomic E-state index is 12.4. The molecule has 134 valence electrons. The number of hydrogen-bond donors (Lipinski definition) is 3. The number of aryl methyl sites for hydroxylation is 1. The molecule has 4 nitrogen and oxygen atoms in total. The summed E-state index contributed by atoms with van der Waals surface area (Å²) < 4.78 is 0. The van der Waals surface area contributed by atoms with Gasteiger partial charge in [0.1, 0.15) is 0 Å². The van der Waals surface area contributed by atoms with Crippen LogP contribution in [0.25, 0.3) is 10.9 Å². The third kappa shape index (κ3) is 4.01. The molecule has 1 heterocycles. The van der Waals surface area contributed by atoms with Crippen LogP contribution in [0.2, 0.25) is 0 Å². The van der Waals surface area contributed by atoms with E-state index in [9.17, 15) is 4.79 Å². The lowest BCUT2D eigenvalue weighted by atomic mass is 10.1. The Balaban J connectivity index is 1.40. The number of carbonyl (C=O) groups excluding carboxylic acids is 1. The Morgan fingerprint density at radius 2 is 1.67 bits per heavy atom. The number of benzene rings is 3. The lowest BCUT2D eigenvalue weighted by Gasteiger charge is -2.09. The Hall–Kier alpha value is -3.53. The van der Waals surface area contributed by atoms with Gasteiger partial charge in [-0.1, -0.05) is 30.3 Å². The summed E-state index contributed by atoms with van der Waals surface area (Å²) in [6.45, 7) is 2.07. The highest BCUT2D eigenvalue weighted by atomic mass is 16.1. The zero-order valence-electron chi connectivity index (χ0n) is 15.1.